The number of nitrogens with one attached hydrogen (secondary N) is 1. The molecule has 0 fully saturated rings. The van der Waals surface area contributed by atoms with Gasteiger partial charge < -0.3 is 8.98 Å². The zero-order chi connectivity index (χ0) is 21.5. The number of aromatic nitrogens is 2. The quantitative estimate of drug-likeness (QED) is 0.226. The second kappa shape index (κ2) is 10.1. The van der Waals surface area contributed by atoms with Crippen molar-refractivity contribution in [3.63, 3.8) is 0 Å². The van der Waals surface area contributed by atoms with Crippen LogP contribution < -0.4 is 5.43 Å². The van der Waals surface area contributed by atoms with Crippen molar-refractivity contribution in [1.29, 1.82) is 0 Å². The van der Waals surface area contributed by atoms with Crippen LogP contribution in [0, 0.1) is 0 Å². The molecule has 2 heterocycles. The minimum Gasteiger partial charge on any atom is -0.465 e. The van der Waals surface area contributed by atoms with Gasteiger partial charge in [0.1, 0.15) is 5.76 Å². The van der Waals surface area contributed by atoms with E-state index in [0.29, 0.717) is 17.3 Å². The summed E-state index contributed by atoms with van der Waals surface area (Å²) < 4.78 is 7.28. The topological polar surface area (TPSA) is 72.4 Å². The van der Waals surface area contributed by atoms with Gasteiger partial charge in [-0.15, -0.1) is 0 Å². The van der Waals surface area contributed by atoms with Gasteiger partial charge in [0.25, 0.3) is 5.91 Å². The van der Waals surface area contributed by atoms with Crippen LogP contribution in [0.2, 0.25) is 5.02 Å². The second-order valence-corrected chi connectivity index (χ2v) is 7.95. The molecule has 0 unspecified atom stereocenters. The number of allylic oxidation sites excluding steroid dienone is 1. The smallest absolute Gasteiger partial charge is 0.250 e. The van der Waals surface area contributed by atoms with Crippen LogP contribution in [0.25, 0.3) is 17.1 Å². The largest absolute Gasteiger partial charge is 0.465 e. The van der Waals surface area contributed by atoms with Gasteiger partial charge in [-0.05, 0) is 54.1 Å². The molecule has 156 valence electrons. The number of benzene rings is 2. The van der Waals surface area contributed by atoms with Gasteiger partial charge in [0, 0.05) is 11.2 Å². The summed E-state index contributed by atoms with van der Waals surface area (Å²) in [6, 6.07) is 19.3. The molecule has 0 spiro atoms. The maximum Gasteiger partial charge on any atom is 0.250 e. The number of carbonyl (C=O) groups is 1. The Morgan fingerprint density at radius 2 is 2.00 bits per heavy atom. The molecule has 1 N–H and O–H groups in total. The Balaban J connectivity index is 1.40. The van der Waals surface area contributed by atoms with Crippen LogP contribution in [0.15, 0.2) is 87.7 Å². The van der Waals surface area contributed by atoms with Gasteiger partial charge in [-0.3, -0.25) is 4.79 Å². The standard InChI is InChI=1S/C23H19ClN4O2S/c24-18-11-9-17(10-12-18)15-28-21-8-2-1-7-20(21)26-23(28)31-16-22(29)27-25-13-3-5-19-6-4-14-30-19/h1-14H,15-16H2,(H,27,29)/b5-3-,25-13-. The molecule has 0 aliphatic carbocycles. The van der Waals surface area contributed by atoms with E-state index in [1.807, 2.05) is 54.6 Å². The number of hydrazone groups is 1. The predicted octanol–water partition coefficient (Wildman–Crippen LogP) is 5.24. The molecule has 0 atom stereocenters. The number of fused-ring (bicyclic) bond motifs is 1. The number of halogens is 1. The fourth-order valence-electron chi connectivity index (χ4n) is 2.93. The van der Waals surface area contributed by atoms with Crippen LogP contribution in [0.4, 0.5) is 0 Å². The molecule has 4 rings (SSSR count). The highest BCUT2D eigenvalue weighted by molar-refractivity contribution is 7.99. The maximum absolute atomic E-state index is 12.2. The van der Waals surface area contributed by atoms with Crippen molar-refractivity contribution in [1.82, 2.24) is 15.0 Å². The van der Waals surface area contributed by atoms with Crippen molar-refractivity contribution in [2.45, 2.75) is 11.7 Å². The van der Waals surface area contributed by atoms with Crippen molar-refractivity contribution in [2.24, 2.45) is 5.10 Å². The lowest BCUT2D eigenvalue weighted by molar-refractivity contribution is -0.118. The molecule has 0 bridgehead atoms. The summed E-state index contributed by atoms with van der Waals surface area (Å²) in [5, 5.41) is 5.39. The molecule has 1 amide bonds. The molecule has 2 aromatic carbocycles. The number of furan rings is 1. The van der Waals surface area contributed by atoms with E-state index >= 15 is 0 Å². The van der Waals surface area contributed by atoms with Crippen LogP contribution in [0.5, 0.6) is 0 Å². The number of amides is 1. The summed E-state index contributed by atoms with van der Waals surface area (Å²) in [6.07, 6.45) is 6.54. The van der Waals surface area contributed by atoms with Crippen LogP contribution in [-0.4, -0.2) is 27.4 Å². The lowest BCUT2D eigenvalue weighted by Gasteiger charge is -2.09. The van der Waals surface area contributed by atoms with Gasteiger partial charge in [0.15, 0.2) is 5.16 Å². The van der Waals surface area contributed by atoms with Crippen LogP contribution in [0.3, 0.4) is 0 Å². The van der Waals surface area contributed by atoms with E-state index in [-0.39, 0.29) is 11.7 Å². The molecular weight excluding hydrogens is 432 g/mol. The summed E-state index contributed by atoms with van der Waals surface area (Å²) in [6.45, 7) is 0.636. The first-order valence-electron chi connectivity index (χ1n) is 9.53. The summed E-state index contributed by atoms with van der Waals surface area (Å²) >= 11 is 7.38. The van der Waals surface area contributed by atoms with Crippen molar-refractivity contribution in [3.8, 4) is 0 Å². The fourth-order valence-corrected chi connectivity index (χ4v) is 3.86. The Labute approximate surface area is 188 Å². The molecule has 0 aliphatic rings. The van der Waals surface area contributed by atoms with Gasteiger partial charge in [-0.2, -0.15) is 5.10 Å². The van der Waals surface area contributed by atoms with E-state index in [1.165, 1.54) is 18.0 Å². The summed E-state index contributed by atoms with van der Waals surface area (Å²) in [5.74, 6) is 0.703. The third-order valence-corrected chi connectivity index (χ3v) is 5.59. The zero-order valence-corrected chi connectivity index (χ0v) is 18.0. The lowest BCUT2D eigenvalue weighted by Crippen LogP contribution is -2.19. The van der Waals surface area contributed by atoms with Gasteiger partial charge >= 0.3 is 0 Å². The molecule has 0 aliphatic heterocycles. The van der Waals surface area contributed by atoms with E-state index in [2.05, 4.69) is 15.1 Å². The van der Waals surface area contributed by atoms with Crippen LogP contribution in [0.1, 0.15) is 11.3 Å². The normalized spacial score (nSPS) is 11.6. The third kappa shape index (κ3) is 5.65. The summed E-state index contributed by atoms with van der Waals surface area (Å²) in [7, 11) is 0. The Hall–Kier alpha value is -3.29. The van der Waals surface area contributed by atoms with Gasteiger partial charge in [0.2, 0.25) is 0 Å². The van der Waals surface area contributed by atoms with Crippen molar-refractivity contribution >= 4 is 52.6 Å². The van der Waals surface area contributed by atoms with E-state index < -0.39 is 0 Å². The highest BCUT2D eigenvalue weighted by Gasteiger charge is 2.13. The number of imidazole rings is 1. The predicted molar refractivity (Wildman–Crippen MR) is 125 cm³/mol. The van der Waals surface area contributed by atoms with Gasteiger partial charge in [-0.1, -0.05) is 47.6 Å². The monoisotopic (exact) mass is 450 g/mol. The molecule has 2 aromatic heterocycles. The number of thioether (sulfide) groups is 1. The van der Waals surface area contributed by atoms with E-state index in [1.54, 1.807) is 24.5 Å². The number of hydrogen-bond acceptors (Lipinski definition) is 5. The number of nitrogens with zero attached hydrogens (tertiary/aromatic N) is 3. The minimum absolute atomic E-state index is 0.198. The number of para-hydroxylation sites is 2. The average Bonchev–Trinajstić information content (AvgIpc) is 3.42. The third-order valence-electron chi connectivity index (χ3n) is 4.36. The minimum atomic E-state index is -0.210. The summed E-state index contributed by atoms with van der Waals surface area (Å²) in [4.78, 5) is 16.9. The molecule has 6 nitrogen and oxygen atoms in total. The van der Waals surface area contributed by atoms with E-state index in [0.717, 1.165) is 21.8 Å². The molecule has 0 saturated heterocycles. The highest BCUT2D eigenvalue weighted by Crippen LogP contribution is 2.25. The van der Waals surface area contributed by atoms with Crippen molar-refractivity contribution < 1.29 is 9.21 Å². The van der Waals surface area contributed by atoms with Crippen molar-refractivity contribution in [3.05, 3.63) is 89.3 Å². The van der Waals surface area contributed by atoms with Gasteiger partial charge in [-0.25, -0.2) is 10.4 Å². The first kappa shape index (κ1) is 21.0. The van der Waals surface area contributed by atoms with Crippen molar-refractivity contribution in [2.75, 3.05) is 5.75 Å². The average molecular weight is 451 g/mol. The first-order chi connectivity index (χ1) is 15.2. The number of carbonyl (C=O) groups excluding carboxylic acids is 1. The van der Waals surface area contributed by atoms with E-state index in [9.17, 15) is 4.79 Å². The van der Waals surface area contributed by atoms with Crippen LogP contribution >= 0.6 is 23.4 Å². The molecule has 0 radical (unpaired) electrons. The fraction of sp³-hybridized carbons (Fsp3) is 0.0870. The van der Waals surface area contributed by atoms with Crippen LogP contribution in [-0.2, 0) is 11.3 Å². The van der Waals surface area contributed by atoms with Gasteiger partial charge in [0.05, 0.1) is 29.6 Å². The Kier molecular flexibility index (Phi) is 6.86. The Morgan fingerprint density at radius 1 is 1.16 bits per heavy atom. The second-order valence-electron chi connectivity index (χ2n) is 6.57. The molecule has 31 heavy (non-hydrogen) atoms. The molecule has 4 aromatic rings. The van der Waals surface area contributed by atoms with E-state index in [4.69, 9.17) is 21.0 Å². The summed E-state index contributed by atoms with van der Waals surface area (Å²) in [5.41, 5.74) is 5.53. The molecule has 8 heteroatoms. The molecular formula is C23H19ClN4O2S. The molecule has 0 saturated carbocycles. The lowest BCUT2D eigenvalue weighted by atomic mass is 10.2. The Bertz CT molecular complexity index is 1210. The highest BCUT2D eigenvalue weighted by atomic mass is 35.5. The first-order valence-corrected chi connectivity index (χ1v) is 10.9. The Morgan fingerprint density at radius 3 is 2.81 bits per heavy atom. The SMILES string of the molecule is O=C(CSc1nc2ccccc2n1Cc1ccc(Cl)cc1)N/N=C\C=C/c1ccco1. The number of hydrogen-bond donors (Lipinski definition) is 1. The maximum atomic E-state index is 12.2. The number of rotatable bonds is 8. The zero-order valence-electron chi connectivity index (χ0n) is 16.4.